The summed E-state index contributed by atoms with van der Waals surface area (Å²) in [6.07, 6.45) is 1.94. The molecule has 1 aliphatic rings. The molecule has 1 aromatic carbocycles. The van der Waals surface area contributed by atoms with E-state index in [0.717, 1.165) is 0 Å². The molecule has 0 bridgehead atoms. The highest BCUT2D eigenvalue weighted by molar-refractivity contribution is 5.95. The molecule has 0 saturated carbocycles. The second-order valence-electron chi connectivity index (χ2n) is 4.88. The molecule has 0 aliphatic carbocycles. The van der Waals surface area contributed by atoms with Crippen LogP contribution in [0.25, 0.3) is 5.69 Å². The maximum Gasteiger partial charge on any atom is 0.308 e. The summed E-state index contributed by atoms with van der Waals surface area (Å²) in [5.41, 5.74) is 1.17. The summed E-state index contributed by atoms with van der Waals surface area (Å²) in [4.78, 5) is 24.9. The number of tetrazole rings is 1. The Morgan fingerprint density at radius 3 is 2.86 bits per heavy atom. The number of nitrogens with zero attached hydrogens (tertiary/aromatic N) is 5. The zero-order valence-electron chi connectivity index (χ0n) is 11.1. The minimum absolute atomic E-state index is 0.173. The van der Waals surface area contributed by atoms with Crippen LogP contribution in [0.5, 0.6) is 0 Å². The Balaban J connectivity index is 1.80. The third-order valence-electron chi connectivity index (χ3n) is 3.53. The van der Waals surface area contributed by atoms with E-state index in [0.29, 0.717) is 24.2 Å². The van der Waals surface area contributed by atoms with E-state index in [1.807, 2.05) is 0 Å². The largest absolute Gasteiger partial charge is 0.481 e. The topological polar surface area (TPSA) is 101 Å². The molecule has 1 saturated heterocycles. The van der Waals surface area contributed by atoms with E-state index in [9.17, 15) is 9.59 Å². The smallest absolute Gasteiger partial charge is 0.308 e. The average Bonchev–Trinajstić information content (AvgIpc) is 3.18. The molecule has 1 atom stereocenters. The standard InChI is InChI=1S/C13H13N5O3/c19-12(17-5-4-10(7-17)13(20)21)9-2-1-3-11(6-9)18-8-14-15-16-18/h1-3,6,8,10H,4-5,7H2,(H,20,21)/t10-/m0/s1. The highest BCUT2D eigenvalue weighted by Gasteiger charge is 2.31. The Morgan fingerprint density at radius 2 is 2.19 bits per heavy atom. The number of carbonyl (C=O) groups excluding carboxylic acids is 1. The molecule has 1 aliphatic heterocycles. The molecular formula is C13H13N5O3. The Labute approximate surface area is 120 Å². The predicted molar refractivity (Wildman–Crippen MR) is 70.8 cm³/mol. The minimum Gasteiger partial charge on any atom is -0.481 e. The van der Waals surface area contributed by atoms with Crippen LogP contribution in [0.15, 0.2) is 30.6 Å². The molecule has 8 nitrogen and oxygen atoms in total. The molecule has 1 fully saturated rings. The lowest BCUT2D eigenvalue weighted by molar-refractivity contribution is -0.141. The van der Waals surface area contributed by atoms with Crippen LogP contribution in [-0.2, 0) is 4.79 Å². The van der Waals surface area contributed by atoms with Crippen LogP contribution in [0.3, 0.4) is 0 Å². The van der Waals surface area contributed by atoms with Crippen LogP contribution in [0, 0.1) is 5.92 Å². The van der Waals surface area contributed by atoms with Crippen LogP contribution in [0.1, 0.15) is 16.8 Å². The quantitative estimate of drug-likeness (QED) is 0.866. The maximum atomic E-state index is 12.4. The van der Waals surface area contributed by atoms with Crippen LogP contribution in [0.2, 0.25) is 0 Å². The van der Waals surface area contributed by atoms with Gasteiger partial charge in [0.15, 0.2) is 0 Å². The summed E-state index contributed by atoms with van der Waals surface area (Å²) < 4.78 is 1.46. The molecule has 21 heavy (non-hydrogen) atoms. The van der Waals surface area contributed by atoms with E-state index in [2.05, 4.69) is 15.5 Å². The third kappa shape index (κ3) is 2.60. The van der Waals surface area contributed by atoms with Gasteiger partial charge in [0.05, 0.1) is 11.6 Å². The number of carboxylic acids is 1. The van der Waals surface area contributed by atoms with Gasteiger partial charge < -0.3 is 10.0 Å². The van der Waals surface area contributed by atoms with Crippen LogP contribution in [-0.4, -0.2) is 55.2 Å². The highest BCUT2D eigenvalue weighted by Crippen LogP contribution is 2.19. The lowest BCUT2D eigenvalue weighted by Gasteiger charge is -2.16. The van der Waals surface area contributed by atoms with Gasteiger partial charge in [-0.25, -0.2) is 4.68 Å². The third-order valence-corrected chi connectivity index (χ3v) is 3.53. The molecule has 1 amide bonds. The van der Waals surface area contributed by atoms with E-state index < -0.39 is 11.9 Å². The monoisotopic (exact) mass is 287 g/mol. The fraction of sp³-hybridized carbons (Fsp3) is 0.308. The first-order valence-corrected chi connectivity index (χ1v) is 6.50. The van der Waals surface area contributed by atoms with Gasteiger partial charge in [-0.3, -0.25) is 9.59 Å². The number of rotatable bonds is 3. The van der Waals surface area contributed by atoms with E-state index in [-0.39, 0.29) is 12.5 Å². The van der Waals surface area contributed by atoms with Crippen molar-refractivity contribution in [1.29, 1.82) is 0 Å². The number of aliphatic carboxylic acids is 1. The number of carboxylic acid groups (broad SMARTS) is 1. The number of carbonyl (C=O) groups is 2. The number of likely N-dealkylation sites (tertiary alicyclic amines) is 1. The SMILES string of the molecule is O=C(O)[C@H]1CCN(C(=O)c2cccc(-n3cnnn3)c2)C1. The summed E-state index contributed by atoms with van der Waals surface area (Å²) in [5.74, 6) is -1.50. The van der Waals surface area contributed by atoms with Gasteiger partial charge in [0.25, 0.3) is 5.91 Å². The van der Waals surface area contributed by atoms with Crippen LogP contribution < -0.4 is 0 Å². The molecule has 1 aromatic heterocycles. The fourth-order valence-electron chi connectivity index (χ4n) is 2.39. The van der Waals surface area contributed by atoms with Crippen molar-refractivity contribution in [3.8, 4) is 5.69 Å². The Hall–Kier alpha value is -2.77. The summed E-state index contributed by atoms with van der Waals surface area (Å²) in [6.45, 7) is 0.716. The van der Waals surface area contributed by atoms with E-state index in [1.165, 1.54) is 11.0 Å². The molecule has 2 heterocycles. The van der Waals surface area contributed by atoms with Crippen molar-refractivity contribution in [2.24, 2.45) is 5.92 Å². The van der Waals surface area contributed by atoms with Gasteiger partial charge in [-0.05, 0) is 35.0 Å². The van der Waals surface area contributed by atoms with Crippen molar-refractivity contribution in [2.45, 2.75) is 6.42 Å². The van der Waals surface area contributed by atoms with Crippen LogP contribution in [0.4, 0.5) is 0 Å². The van der Waals surface area contributed by atoms with Gasteiger partial charge in [0, 0.05) is 18.7 Å². The van der Waals surface area contributed by atoms with Gasteiger partial charge in [0.1, 0.15) is 6.33 Å². The van der Waals surface area contributed by atoms with Crippen molar-refractivity contribution < 1.29 is 14.7 Å². The Kier molecular flexibility index (Phi) is 3.35. The van der Waals surface area contributed by atoms with Crippen molar-refractivity contribution in [2.75, 3.05) is 13.1 Å². The van der Waals surface area contributed by atoms with E-state index in [4.69, 9.17) is 5.11 Å². The molecule has 0 spiro atoms. The average molecular weight is 287 g/mol. The summed E-state index contributed by atoms with van der Waals surface area (Å²) in [6, 6.07) is 6.92. The number of hydrogen-bond acceptors (Lipinski definition) is 5. The second kappa shape index (κ2) is 5.31. The number of benzene rings is 1. The van der Waals surface area contributed by atoms with Gasteiger partial charge in [-0.2, -0.15) is 0 Å². The normalized spacial score (nSPS) is 17.9. The summed E-state index contributed by atoms with van der Waals surface area (Å²) in [5, 5.41) is 19.9. The fourth-order valence-corrected chi connectivity index (χ4v) is 2.39. The van der Waals surface area contributed by atoms with Crippen LogP contribution >= 0.6 is 0 Å². The van der Waals surface area contributed by atoms with Gasteiger partial charge >= 0.3 is 5.97 Å². The van der Waals surface area contributed by atoms with Crippen molar-refractivity contribution in [1.82, 2.24) is 25.1 Å². The summed E-state index contributed by atoms with van der Waals surface area (Å²) >= 11 is 0. The number of hydrogen-bond donors (Lipinski definition) is 1. The Morgan fingerprint density at radius 1 is 1.33 bits per heavy atom. The zero-order chi connectivity index (χ0) is 14.8. The molecule has 8 heteroatoms. The zero-order valence-corrected chi connectivity index (χ0v) is 11.1. The van der Waals surface area contributed by atoms with E-state index >= 15 is 0 Å². The van der Waals surface area contributed by atoms with Crippen molar-refractivity contribution >= 4 is 11.9 Å². The first kappa shape index (κ1) is 13.2. The first-order valence-electron chi connectivity index (χ1n) is 6.50. The predicted octanol–water partition coefficient (Wildman–Crippen LogP) is 0.209. The highest BCUT2D eigenvalue weighted by atomic mass is 16.4. The maximum absolute atomic E-state index is 12.4. The Bertz CT molecular complexity index is 670. The molecule has 2 aromatic rings. The first-order chi connectivity index (χ1) is 10.1. The number of amides is 1. The van der Waals surface area contributed by atoms with Crippen molar-refractivity contribution in [3.05, 3.63) is 36.2 Å². The van der Waals surface area contributed by atoms with Gasteiger partial charge in [-0.1, -0.05) is 6.07 Å². The van der Waals surface area contributed by atoms with E-state index in [1.54, 1.807) is 29.2 Å². The van der Waals surface area contributed by atoms with Gasteiger partial charge in [0.2, 0.25) is 0 Å². The molecule has 0 unspecified atom stereocenters. The second-order valence-corrected chi connectivity index (χ2v) is 4.88. The molecule has 1 N–H and O–H groups in total. The molecule has 108 valence electrons. The van der Waals surface area contributed by atoms with Gasteiger partial charge in [-0.15, -0.1) is 5.10 Å². The molecule has 3 rings (SSSR count). The lowest BCUT2D eigenvalue weighted by atomic mass is 10.1. The van der Waals surface area contributed by atoms with Crippen molar-refractivity contribution in [3.63, 3.8) is 0 Å². The lowest BCUT2D eigenvalue weighted by Crippen LogP contribution is -2.30. The number of aromatic nitrogens is 4. The molecular weight excluding hydrogens is 274 g/mol. The molecule has 0 radical (unpaired) electrons. The minimum atomic E-state index is -0.854. The summed E-state index contributed by atoms with van der Waals surface area (Å²) in [7, 11) is 0.